The number of nitrogens with two attached hydrogens (primary N) is 2. The Morgan fingerprint density at radius 2 is 1.60 bits per heavy atom. The van der Waals surface area contributed by atoms with E-state index in [1.165, 1.54) is 0 Å². The molecule has 0 aromatic heterocycles. The lowest BCUT2D eigenvalue weighted by Gasteiger charge is -1.95. The number of guanidine groups is 1. The van der Waals surface area contributed by atoms with E-state index in [0.29, 0.717) is 0 Å². The lowest BCUT2D eigenvalue weighted by Crippen LogP contribution is -2.44. The highest BCUT2D eigenvalue weighted by Gasteiger charge is 1.86. The van der Waals surface area contributed by atoms with Crippen molar-refractivity contribution in [3.05, 3.63) is 0 Å². The molecular weight excluding hydrogens is 210 g/mol. The van der Waals surface area contributed by atoms with Crippen LogP contribution >= 0.6 is 0 Å². The molecule has 0 rings (SSSR count). The Kier molecular flexibility index (Phi) is 10.5. The molecule has 0 aromatic carbocycles. The van der Waals surface area contributed by atoms with E-state index in [1.807, 2.05) is 10.9 Å². The molecule has 0 saturated carbocycles. The number of hydrogen-bond donors (Lipinski definition) is 6. The van der Waals surface area contributed by atoms with Gasteiger partial charge in [-0.25, -0.2) is 11.7 Å². The highest BCUT2D eigenvalue weighted by atomic mass is 80.0. The van der Waals surface area contributed by atoms with Crippen LogP contribution in [0.1, 0.15) is 0 Å². The van der Waals surface area contributed by atoms with Crippen LogP contribution in [-0.2, 0) is 0 Å². The predicted molar refractivity (Wildman–Crippen MR) is 24.6 cm³/mol. The van der Waals surface area contributed by atoms with Crippen molar-refractivity contribution < 1.29 is 27.4 Å². The van der Waals surface area contributed by atoms with Crippen molar-refractivity contribution in [3.8, 4) is 0 Å². The van der Waals surface area contributed by atoms with Crippen molar-refractivity contribution in [1.82, 2.24) is 10.9 Å². The molecule has 62 valence electrons. The fourth-order valence-corrected chi connectivity index (χ4v) is 0.0417. The SMILES string of the molecule is N=C(NN)NN.[O-][Br+2]([O-])O. The second-order valence-electron chi connectivity index (χ2n) is 0.865. The average molecular weight is 218 g/mol. The largest absolute Gasteiger partial charge is 0.433 e. The van der Waals surface area contributed by atoms with Gasteiger partial charge in [-0.2, -0.15) is 0 Å². The van der Waals surface area contributed by atoms with Gasteiger partial charge in [0, 0.05) is 0 Å². The molecule has 0 aliphatic rings. The van der Waals surface area contributed by atoms with E-state index in [0.717, 1.165) is 0 Å². The van der Waals surface area contributed by atoms with Gasteiger partial charge in [0.2, 0.25) is 5.96 Å². The number of rotatable bonds is 0. The molecule has 0 fully saturated rings. The minimum absolute atomic E-state index is 0.102. The van der Waals surface area contributed by atoms with Gasteiger partial charge in [0.1, 0.15) is 0 Å². The van der Waals surface area contributed by atoms with E-state index in [9.17, 15) is 0 Å². The predicted octanol–water partition coefficient (Wildman–Crippen LogP) is -5.09. The van der Waals surface area contributed by atoms with E-state index in [1.54, 1.807) is 0 Å². The summed E-state index contributed by atoms with van der Waals surface area (Å²) in [6.45, 7) is 0. The minimum Gasteiger partial charge on any atom is -0.372 e. The molecule has 0 radical (unpaired) electrons. The summed E-state index contributed by atoms with van der Waals surface area (Å²) in [5.41, 5.74) is 3.92. The van der Waals surface area contributed by atoms with E-state index in [-0.39, 0.29) is 5.96 Å². The van der Waals surface area contributed by atoms with Crippen molar-refractivity contribution in [3.63, 3.8) is 0 Å². The molecule has 0 aliphatic carbocycles. The quantitative estimate of drug-likeness (QED) is 0.102. The van der Waals surface area contributed by atoms with Gasteiger partial charge in [0.25, 0.3) is 0 Å². The maximum atomic E-state index is 8.63. The summed E-state index contributed by atoms with van der Waals surface area (Å²) in [5, 5.41) is 6.51. The summed E-state index contributed by atoms with van der Waals surface area (Å²) in [6, 6.07) is 0. The number of hydrazine groups is 2. The van der Waals surface area contributed by atoms with Gasteiger partial charge in [-0.05, 0) is 4.20 Å². The Morgan fingerprint density at radius 3 is 1.60 bits per heavy atom. The molecule has 0 bridgehead atoms. The van der Waals surface area contributed by atoms with Crippen molar-refractivity contribution >= 4 is 5.96 Å². The molecule has 10 heavy (non-hydrogen) atoms. The summed E-state index contributed by atoms with van der Waals surface area (Å²) >= 11 is -3.40. The monoisotopic (exact) mass is 217 g/mol. The lowest BCUT2D eigenvalue weighted by molar-refractivity contribution is -1.63. The molecule has 0 saturated heterocycles. The molecule has 8 nitrogen and oxygen atoms in total. The van der Waals surface area contributed by atoms with Crippen LogP contribution in [0.25, 0.3) is 0 Å². The Labute approximate surface area is 62.1 Å². The molecular formula is CH8BrN5O3. The minimum atomic E-state index is -3.40. The van der Waals surface area contributed by atoms with Crippen LogP contribution in [-0.4, -0.2) is 10.2 Å². The highest BCUT2D eigenvalue weighted by Crippen LogP contribution is 1.38. The van der Waals surface area contributed by atoms with Crippen LogP contribution in [0.3, 0.4) is 0 Å². The summed E-state index contributed by atoms with van der Waals surface area (Å²) in [7, 11) is 0. The molecule has 0 unspecified atom stereocenters. The lowest BCUT2D eigenvalue weighted by atomic mass is 11.1. The van der Waals surface area contributed by atoms with Gasteiger partial charge in [-0.15, -0.1) is 0 Å². The molecule has 0 atom stereocenters. The van der Waals surface area contributed by atoms with Crippen molar-refractivity contribution in [2.75, 3.05) is 0 Å². The third kappa shape index (κ3) is 25.7. The Hall–Kier alpha value is -0.450. The number of halogens is 1. The standard InChI is InChI=1S/CH7N5.BrHO3/c2-1(5-3)6-4;2-1(3)4/h3-4H2,(H3,2,5,6);2H. The highest BCUT2D eigenvalue weighted by molar-refractivity contribution is 5.74. The summed E-state index contributed by atoms with van der Waals surface area (Å²) in [4.78, 5) is 0. The smallest absolute Gasteiger partial charge is 0.372 e. The normalized spacial score (nSPS) is 7.80. The van der Waals surface area contributed by atoms with Crippen LogP contribution < -0.4 is 30.9 Å². The molecule has 0 aliphatic heterocycles. The second-order valence-corrected chi connectivity index (χ2v) is 1.71. The summed E-state index contributed by atoms with van der Waals surface area (Å²) < 4.78 is 24.3. The molecule has 8 N–H and O–H groups in total. The van der Waals surface area contributed by atoms with Gasteiger partial charge < -0.3 is 8.40 Å². The van der Waals surface area contributed by atoms with Crippen molar-refractivity contribution in [1.29, 1.82) is 5.41 Å². The maximum absolute atomic E-state index is 8.63. The third-order valence-corrected chi connectivity index (χ3v) is 0.289. The zero-order chi connectivity index (χ0) is 8.57. The van der Waals surface area contributed by atoms with E-state index >= 15 is 0 Å². The molecule has 0 aromatic rings. The molecule has 9 heteroatoms. The van der Waals surface area contributed by atoms with Crippen LogP contribution in [0.5, 0.6) is 0 Å². The Bertz CT molecular complexity index is 78.2. The maximum Gasteiger partial charge on any atom is 0.433 e. The second kappa shape index (κ2) is 8.55. The van der Waals surface area contributed by atoms with Gasteiger partial charge in [-0.1, -0.05) is 0 Å². The van der Waals surface area contributed by atoms with Crippen LogP contribution in [0, 0.1) is 20.2 Å². The van der Waals surface area contributed by atoms with Gasteiger partial charge in [0.05, 0.1) is 0 Å². The Balaban J connectivity index is 0. The first-order valence-corrected chi connectivity index (χ1v) is 3.81. The van der Waals surface area contributed by atoms with Crippen LogP contribution in [0.15, 0.2) is 0 Å². The zero-order valence-electron chi connectivity index (χ0n) is 4.80. The zero-order valence-corrected chi connectivity index (χ0v) is 6.38. The van der Waals surface area contributed by atoms with E-state index < -0.39 is 14.8 Å². The van der Waals surface area contributed by atoms with Gasteiger partial charge in [0.15, 0.2) is 0 Å². The topological polar surface area (TPSA) is 166 Å². The van der Waals surface area contributed by atoms with Gasteiger partial charge in [-0.3, -0.25) is 16.3 Å². The summed E-state index contributed by atoms with van der Waals surface area (Å²) in [5.74, 6) is 9.23. The van der Waals surface area contributed by atoms with E-state index in [2.05, 4.69) is 11.7 Å². The fourth-order valence-electron chi connectivity index (χ4n) is 0.0417. The molecule has 0 heterocycles. The van der Waals surface area contributed by atoms with Crippen LogP contribution in [0.2, 0.25) is 0 Å². The fraction of sp³-hybridized carbons (Fsp3) is 0. The average Bonchev–Trinajstić information content (AvgIpc) is 1.85. The van der Waals surface area contributed by atoms with Crippen LogP contribution in [0.4, 0.5) is 0 Å². The van der Waals surface area contributed by atoms with Gasteiger partial charge >= 0.3 is 14.8 Å². The first-order chi connectivity index (χ1) is 4.54. The van der Waals surface area contributed by atoms with Crippen molar-refractivity contribution in [2.45, 2.75) is 0 Å². The molecule has 0 amide bonds. The molecule has 0 spiro atoms. The first kappa shape index (κ1) is 12.2. The number of hydrogen-bond acceptors (Lipinski definition) is 6. The first-order valence-electron chi connectivity index (χ1n) is 1.80. The third-order valence-electron chi connectivity index (χ3n) is 0.289. The van der Waals surface area contributed by atoms with Crippen molar-refractivity contribution in [2.24, 2.45) is 11.7 Å². The number of nitrogens with one attached hydrogen (secondary N) is 3. The summed E-state index contributed by atoms with van der Waals surface area (Å²) in [6.07, 6.45) is 0. The Morgan fingerprint density at radius 1 is 1.40 bits per heavy atom. The van der Waals surface area contributed by atoms with E-state index in [4.69, 9.17) is 18.0 Å².